The van der Waals surface area contributed by atoms with Crippen molar-refractivity contribution in [1.82, 2.24) is 4.90 Å². The number of hydrogen-bond acceptors (Lipinski definition) is 4. The van der Waals surface area contributed by atoms with Gasteiger partial charge in [-0.25, -0.2) is 4.79 Å². The summed E-state index contributed by atoms with van der Waals surface area (Å²) in [5.41, 5.74) is 0.980. The highest BCUT2D eigenvalue weighted by atomic mass is 35.5. The molecule has 1 atom stereocenters. The number of halogens is 1. The molecule has 1 aromatic carbocycles. The lowest BCUT2D eigenvalue weighted by Crippen LogP contribution is -2.40. The Bertz CT molecular complexity index is 556. The molecule has 1 heterocycles. The van der Waals surface area contributed by atoms with E-state index in [9.17, 15) is 9.90 Å². The molecule has 2 rings (SSSR count). The Kier molecular flexibility index (Phi) is 5.89. The monoisotopic (exact) mass is 341 g/mol. The second-order valence-corrected chi connectivity index (χ2v) is 7.04. The molecular formula is C17H24ClNO4. The number of benzene rings is 1. The lowest BCUT2D eigenvalue weighted by Gasteiger charge is -2.32. The van der Waals surface area contributed by atoms with Crippen molar-refractivity contribution in [3.05, 3.63) is 34.3 Å². The third kappa shape index (κ3) is 4.83. The van der Waals surface area contributed by atoms with E-state index in [1.165, 1.54) is 0 Å². The second kappa shape index (κ2) is 7.51. The molecule has 0 spiro atoms. The first-order valence-corrected chi connectivity index (χ1v) is 8.16. The first-order valence-electron chi connectivity index (χ1n) is 7.78. The summed E-state index contributed by atoms with van der Waals surface area (Å²) < 4.78 is 11.1. The van der Waals surface area contributed by atoms with E-state index in [0.717, 1.165) is 17.5 Å². The molecule has 1 aliphatic heterocycles. The van der Waals surface area contributed by atoms with Crippen molar-refractivity contribution in [3.63, 3.8) is 0 Å². The maximum atomic E-state index is 12.5. The van der Waals surface area contributed by atoms with Crippen molar-refractivity contribution in [2.75, 3.05) is 19.8 Å². The molecule has 1 amide bonds. The molecule has 1 fully saturated rings. The Balaban J connectivity index is 2.29. The molecule has 6 heteroatoms. The topological polar surface area (TPSA) is 59.0 Å². The van der Waals surface area contributed by atoms with Gasteiger partial charge in [-0.1, -0.05) is 23.7 Å². The molecule has 1 unspecified atom stereocenters. The molecule has 1 saturated heterocycles. The Hall–Kier alpha value is -1.30. The van der Waals surface area contributed by atoms with Crippen molar-refractivity contribution in [2.45, 2.75) is 45.4 Å². The molecule has 128 valence electrons. The summed E-state index contributed by atoms with van der Waals surface area (Å²) in [5, 5.41) is 9.72. The lowest BCUT2D eigenvalue weighted by atomic mass is 10.0. The molecule has 0 aliphatic carbocycles. The van der Waals surface area contributed by atoms with Crippen LogP contribution in [-0.4, -0.2) is 41.5 Å². The summed E-state index contributed by atoms with van der Waals surface area (Å²) in [6.45, 7) is 6.99. The van der Waals surface area contributed by atoms with Gasteiger partial charge in [0.25, 0.3) is 0 Å². The molecule has 0 saturated carbocycles. The summed E-state index contributed by atoms with van der Waals surface area (Å²) in [6.07, 6.45) is 0.387. The zero-order valence-electron chi connectivity index (χ0n) is 13.8. The molecule has 5 nitrogen and oxygen atoms in total. The number of rotatable bonds is 2. The van der Waals surface area contributed by atoms with E-state index in [2.05, 4.69) is 0 Å². The number of carbonyl (C=O) groups is 1. The Morgan fingerprint density at radius 2 is 2.22 bits per heavy atom. The largest absolute Gasteiger partial charge is 0.444 e. The van der Waals surface area contributed by atoms with E-state index in [4.69, 9.17) is 21.1 Å². The van der Waals surface area contributed by atoms with E-state index in [0.29, 0.717) is 24.8 Å². The second-order valence-electron chi connectivity index (χ2n) is 6.63. The zero-order chi connectivity index (χ0) is 17.0. The molecule has 1 aliphatic rings. The van der Waals surface area contributed by atoms with Crippen LogP contribution in [0.4, 0.5) is 4.79 Å². The molecular weight excluding hydrogens is 318 g/mol. The number of aliphatic hydroxyl groups excluding tert-OH is 1. The average molecular weight is 342 g/mol. The van der Waals surface area contributed by atoms with Crippen LogP contribution in [0.15, 0.2) is 18.2 Å². The molecule has 23 heavy (non-hydrogen) atoms. The highest BCUT2D eigenvalue weighted by molar-refractivity contribution is 6.31. The van der Waals surface area contributed by atoms with Gasteiger partial charge in [-0.05, 0) is 44.4 Å². The fourth-order valence-corrected chi connectivity index (χ4v) is 2.84. The predicted molar refractivity (Wildman–Crippen MR) is 88.5 cm³/mol. The van der Waals surface area contributed by atoms with E-state index < -0.39 is 5.60 Å². The van der Waals surface area contributed by atoms with Crippen molar-refractivity contribution < 1.29 is 19.4 Å². The maximum Gasteiger partial charge on any atom is 0.410 e. The van der Waals surface area contributed by atoms with Crippen molar-refractivity contribution in [2.24, 2.45) is 0 Å². The van der Waals surface area contributed by atoms with Gasteiger partial charge in [-0.2, -0.15) is 0 Å². The van der Waals surface area contributed by atoms with Crippen LogP contribution in [0, 0.1) is 0 Å². The van der Waals surface area contributed by atoms with Crippen LogP contribution < -0.4 is 0 Å². The first-order chi connectivity index (χ1) is 10.8. The Morgan fingerprint density at radius 1 is 1.48 bits per heavy atom. The normalized spacial score (nSPS) is 19.3. The highest BCUT2D eigenvalue weighted by Crippen LogP contribution is 2.31. The fourth-order valence-electron chi connectivity index (χ4n) is 2.51. The molecule has 1 N–H and O–H groups in total. The minimum Gasteiger partial charge on any atom is -0.444 e. The molecule has 1 aromatic rings. The SMILES string of the molecule is CC(C)(C)OC(=O)N1CCCOCC1c1ccc(CO)cc1Cl. The van der Waals surface area contributed by atoms with E-state index in [-0.39, 0.29) is 18.7 Å². The number of ether oxygens (including phenoxy) is 2. The van der Waals surface area contributed by atoms with Gasteiger partial charge in [0, 0.05) is 18.2 Å². The van der Waals surface area contributed by atoms with Crippen molar-refractivity contribution in [3.8, 4) is 0 Å². The van der Waals surface area contributed by atoms with Crippen LogP contribution in [-0.2, 0) is 16.1 Å². The Labute approximate surface area is 142 Å². The zero-order valence-corrected chi connectivity index (χ0v) is 14.6. The van der Waals surface area contributed by atoms with Gasteiger partial charge < -0.3 is 14.6 Å². The van der Waals surface area contributed by atoms with Gasteiger partial charge >= 0.3 is 6.09 Å². The van der Waals surface area contributed by atoms with Gasteiger partial charge in [0.05, 0.1) is 19.3 Å². The summed E-state index contributed by atoms with van der Waals surface area (Å²) in [6, 6.07) is 5.06. The standard InChI is InChI=1S/C17H24ClNO4/c1-17(2,3)23-16(21)19-7-4-8-22-11-15(19)13-6-5-12(10-20)9-14(13)18/h5-6,9,15,20H,4,7-8,10-11H2,1-3H3. The smallest absolute Gasteiger partial charge is 0.410 e. The van der Waals surface area contributed by atoms with Gasteiger partial charge in [-0.15, -0.1) is 0 Å². The Morgan fingerprint density at radius 3 is 2.83 bits per heavy atom. The third-order valence-electron chi connectivity index (χ3n) is 3.57. The quantitative estimate of drug-likeness (QED) is 0.894. The number of aliphatic hydroxyl groups is 1. The molecule has 0 bridgehead atoms. The minimum absolute atomic E-state index is 0.0725. The number of nitrogens with zero attached hydrogens (tertiary/aromatic N) is 1. The average Bonchev–Trinajstić information content (AvgIpc) is 2.71. The fraction of sp³-hybridized carbons (Fsp3) is 0.588. The van der Waals surface area contributed by atoms with E-state index in [1.54, 1.807) is 17.0 Å². The van der Waals surface area contributed by atoms with Gasteiger partial charge in [0.2, 0.25) is 0 Å². The number of amides is 1. The van der Waals surface area contributed by atoms with E-state index >= 15 is 0 Å². The van der Waals surface area contributed by atoms with Gasteiger partial charge in [0.15, 0.2) is 0 Å². The van der Waals surface area contributed by atoms with E-state index in [1.807, 2.05) is 26.8 Å². The summed E-state index contributed by atoms with van der Waals surface area (Å²) in [4.78, 5) is 14.2. The summed E-state index contributed by atoms with van der Waals surface area (Å²) in [7, 11) is 0. The summed E-state index contributed by atoms with van der Waals surface area (Å²) >= 11 is 6.35. The predicted octanol–water partition coefficient (Wildman–Crippen LogP) is 3.53. The van der Waals surface area contributed by atoms with Gasteiger partial charge in [-0.3, -0.25) is 4.90 Å². The van der Waals surface area contributed by atoms with Crippen molar-refractivity contribution in [1.29, 1.82) is 0 Å². The number of hydrogen-bond donors (Lipinski definition) is 1. The summed E-state index contributed by atoms with van der Waals surface area (Å²) in [5.74, 6) is 0. The molecule has 0 radical (unpaired) electrons. The van der Waals surface area contributed by atoms with Crippen LogP contribution in [0.5, 0.6) is 0 Å². The van der Waals surface area contributed by atoms with Crippen molar-refractivity contribution >= 4 is 17.7 Å². The van der Waals surface area contributed by atoms with Gasteiger partial charge in [0.1, 0.15) is 5.60 Å². The minimum atomic E-state index is -0.556. The van der Waals surface area contributed by atoms with Crippen LogP contribution in [0.2, 0.25) is 5.02 Å². The lowest BCUT2D eigenvalue weighted by molar-refractivity contribution is 0.0119. The number of carbonyl (C=O) groups excluding carboxylic acids is 1. The maximum absolute atomic E-state index is 12.5. The third-order valence-corrected chi connectivity index (χ3v) is 3.90. The van der Waals surface area contributed by atoms with Crippen LogP contribution in [0.25, 0.3) is 0 Å². The molecule has 0 aromatic heterocycles. The first kappa shape index (κ1) is 18.0. The highest BCUT2D eigenvalue weighted by Gasteiger charge is 2.32. The van der Waals surface area contributed by atoms with Crippen LogP contribution in [0.1, 0.15) is 44.4 Å². The van der Waals surface area contributed by atoms with Crippen LogP contribution in [0.3, 0.4) is 0 Å². The van der Waals surface area contributed by atoms with Crippen LogP contribution >= 0.6 is 11.6 Å².